The van der Waals surface area contributed by atoms with Crippen molar-refractivity contribution in [3.05, 3.63) is 29.8 Å². The summed E-state index contributed by atoms with van der Waals surface area (Å²) in [6, 6.07) is 7.74. The molecule has 1 rings (SSSR count). The first kappa shape index (κ1) is 17.3. The van der Waals surface area contributed by atoms with E-state index in [4.69, 9.17) is 15.2 Å². The van der Waals surface area contributed by atoms with Crippen molar-refractivity contribution >= 4 is 6.09 Å². The molecule has 0 bridgehead atoms. The van der Waals surface area contributed by atoms with Gasteiger partial charge in [0.25, 0.3) is 0 Å². The average Bonchev–Trinajstić information content (AvgIpc) is 2.41. The topological polar surface area (TPSA) is 73.6 Å². The zero-order chi connectivity index (χ0) is 15.9. The maximum absolute atomic E-state index is 11.5. The van der Waals surface area contributed by atoms with Crippen LogP contribution in [0.2, 0.25) is 0 Å². The van der Waals surface area contributed by atoms with Crippen LogP contribution in [0.4, 0.5) is 4.79 Å². The van der Waals surface area contributed by atoms with Crippen LogP contribution in [0.1, 0.15) is 32.8 Å². The second-order valence-electron chi connectivity index (χ2n) is 5.99. The molecule has 0 saturated carbocycles. The van der Waals surface area contributed by atoms with Crippen LogP contribution < -0.4 is 15.8 Å². The van der Waals surface area contributed by atoms with Crippen molar-refractivity contribution in [2.75, 3.05) is 13.7 Å². The summed E-state index contributed by atoms with van der Waals surface area (Å²) in [5.41, 5.74) is 6.64. The molecule has 0 fully saturated rings. The van der Waals surface area contributed by atoms with Gasteiger partial charge in [-0.2, -0.15) is 0 Å². The minimum atomic E-state index is -0.494. The third-order valence-corrected chi connectivity index (χ3v) is 2.88. The largest absolute Gasteiger partial charge is 0.496 e. The molecule has 1 aromatic rings. The van der Waals surface area contributed by atoms with E-state index in [0.29, 0.717) is 6.54 Å². The molecule has 118 valence electrons. The second-order valence-corrected chi connectivity index (χ2v) is 5.99. The lowest BCUT2D eigenvalue weighted by molar-refractivity contribution is 0.0524. The number of hydrogen-bond acceptors (Lipinski definition) is 4. The molecular formula is C16H26N2O3. The Morgan fingerprint density at radius 1 is 1.33 bits per heavy atom. The van der Waals surface area contributed by atoms with Crippen LogP contribution in [0.5, 0.6) is 5.75 Å². The SMILES string of the molecule is COc1ccccc1CCC(N)CNC(=O)OC(C)(C)C. The van der Waals surface area contributed by atoms with E-state index in [1.165, 1.54) is 0 Å². The highest BCUT2D eigenvalue weighted by Gasteiger charge is 2.16. The molecule has 0 heterocycles. The number of hydrogen-bond donors (Lipinski definition) is 2. The van der Waals surface area contributed by atoms with E-state index >= 15 is 0 Å². The summed E-state index contributed by atoms with van der Waals surface area (Å²) in [5, 5.41) is 2.69. The van der Waals surface area contributed by atoms with Crippen molar-refractivity contribution in [3.63, 3.8) is 0 Å². The quantitative estimate of drug-likeness (QED) is 0.845. The molecule has 0 radical (unpaired) electrons. The molecule has 0 saturated heterocycles. The van der Waals surface area contributed by atoms with Crippen molar-refractivity contribution in [1.29, 1.82) is 0 Å². The van der Waals surface area contributed by atoms with Crippen LogP contribution in [0.15, 0.2) is 24.3 Å². The number of rotatable bonds is 6. The lowest BCUT2D eigenvalue weighted by Gasteiger charge is -2.21. The Bertz CT molecular complexity index is 455. The Hall–Kier alpha value is -1.75. The molecule has 1 aromatic carbocycles. The zero-order valence-corrected chi connectivity index (χ0v) is 13.3. The Kier molecular flexibility index (Phi) is 6.49. The van der Waals surface area contributed by atoms with Crippen molar-refractivity contribution in [3.8, 4) is 5.75 Å². The van der Waals surface area contributed by atoms with Crippen LogP contribution >= 0.6 is 0 Å². The van der Waals surface area contributed by atoms with E-state index in [9.17, 15) is 4.79 Å². The Morgan fingerprint density at radius 3 is 2.62 bits per heavy atom. The average molecular weight is 294 g/mol. The number of alkyl carbamates (subject to hydrolysis) is 1. The number of aryl methyl sites for hydroxylation is 1. The molecule has 1 atom stereocenters. The highest BCUT2D eigenvalue weighted by atomic mass is 16.6. The van der Waals surface area contributed by atoms with Crippen molar-refractivity contribution in [1.82, 2.24) is 5.32 Å². The number of benzene rings is 1. The number of carbonyl (C=O) groups excluding carboxylic acids is 1. The van der Waals surface area contributed by atoms with Crippen LogP contribution in [-0.2, 0) is 11.2 Å². The van der Waals surface area contributed by atoms with E-state index in [1.54, 1.807) is 7.11 Å². The van der Waals surface area contributed by atoms with Gasteiger partial charge in [-0.15, -0.1) is 0 Å². The lowest BCUT2D eigenvalue weighted by Crippen LogP contribution is -2.40. The van der Waals surface area contributed by atoms with Crippen LogP contribution in [-0.4, -0.2) is 31.4 Å². The molecule has 0 aliphatic carbocycles. The fourth-order valence-corrected chi connectivity index (χ4v) is 1.88. The first-order valence-corrected chi connectivity index (χ1v) is 7.16. The summed E-state index contributed by atoms with van der Waals surface area (Å²) in [4.78, 5) is 11.5. The second kappa shape index (κ2) is 7.88. The third-order valence-electron chi connectivity index (χ3n) is 2.88. The predicted octanol–water partition coefficient (Wildman–Crippen LogP) is 2.48. The number of ether oxygens (including phenoxy) is 2. The van der Waals surface area contributed by atoms with Crippen LogP contribution in [0.3, 0.4) is 0 Å². The maximum Gasteiger partial charge on any atom is 0.407 e. The predicted molar refractivity (Wildman–Crippen MR) is 83.5 cm³/mol. The molecule has 3 N–H and O–H groups in total. The maximum atomic E-state index is 11.5. The fourth-order valence-electron chi connectivity index (χ4n) is 1.88. The molecule has 0 spiro atoms. The number of nitrogens with one attached hydrogen (secondary N) is 1. The first-order valence-electron chi connectivity index (χ1n) is 7.16. The molecule has 0 aliphatic rings. The van der Waals surface area contributed by atoms with Gasteiger partial charge >= 0.3 is 6.09 Å². The Labute approximate surface area is 126 Å². The van der Waals surface area contributed by atoms with Gasteiger partial charge in [0.15, 0.2) is 0 Å². The van der Waals surface area contributed by atoms with E-state index < -0.39 is 11.7 Å². The van der Waals surface area contributed by atoms with Crippen molar-refractivity contribution in [2.45, 2.75) is 45.3 Å². The van der Waals surface area contributed by atoms with Gasteiger partial charge in [0.05, 0.1) is 7.11 Å². The molecular weight excluding hydrogens is 268 g/mol. The van der Waals surface area contributed by atoms with Crippen LogP contribution in [0.25, 0.3) is 0 Å². The number of amides is 1. The molecule has 5 nitrogen and oxygen atoms in total. The highest BCUT2D eigenvalue weighted by molar-refractivity contribution is 5.67. The summed E-state index contributed by atoms with van der Waals surface area (Å²) in [7, 11) is 1.66. The van der Waals surface area contributed by atoms with Gasteiger partial charge in [-0.25, -0.2) is 4.79 Å². The molecule has 0 aliphatic heterocycles. The first-order chi connectivity index (χ1) is 9.81. The van der Waals surface area contributed by atoms with Crippen molar-refractivity contribution in [2.24, 2.45) is 5.73 Å². The van der Waals surface area contributed by atoms with E-state index in [-0.39, 0.29) is 6.04 Å². The van der Waals surface area contributed by atoms with Gasteiger partial charge in [0.2, 0.25) is 0 Å². The zero-order valence-electron chi connectivity index (χ0n) is 13.3. The number of carbonyl (C=O) groups is 1. The highest BCUT2D eigenvalue weighted by Crippen LogP contribution is 2.19. The summed E-state index contributed by atoms with van der Waals surface area (Å²) >= 11 is 0. The van der Waals surface area contributed by atoms with Crippen LogP contribution in [0, 0.1) is 0 Å². The normalized spacial score (nSPS) is 12.6. The Balaban J connectivity index is 2.34. The summed E-state index contributed by atoms with van der Waals surface area (Å²) in [6.45, 7) is 5.88. The fraction of sp³-hybridized carbons (Fsp3) is 0.562. The van der Waals surface area contributed by atoms with E-state index in [0.717, 1.165) is 24.2 Å². The van der Waals surface area contributed by atoms with Gasteiger partial charge in [-0.1, -0.05) is 18.2 Å². The van der Waals surface area contributed by atoms with Gasteiger partial charge < -0.3 is 20.5 Å². The minimum absolute atomic E-state index is 0.123. The Morgan fingerprint density at radius 2 is 2.00 bits per heavy atom. The minimum Gasteiger partial charge on any atom is -0.496 e. The van der Waals surface area contributed by atoms with Crippen molar-refractivity contribution < 1.29 is 14.3 Å². The number of nitrogens with two attached hydrogens (primary N) is 1. The summed E-state index contributed by atoms with van der Waals surface area (Å²) in [6.07, 6.45) is 1.13. The molecule has 0 aromatic heterocycles. The lowest BCUT2D eigenvalue weighted by atomic mass is 10.0. The van der Waals surface area contributed by atoms with Gasteiger partial charge in [-0.05, 0) is 45.2 Å². The van der Waals surface area contributed by atoms with E-state index in [1.807, 2.05) is 45.0 Å². The van der Waals surface area contributed by atoms with E-state index in [2.05, 4.69) is 5.32 Å². The number of methoxy groups -OCH3 is 1. The van der Waals surface area contributed by atoms with Gasteiger partial charge in [0.1, 0.15) is 11.4 Å². The monoisotopic (exact) mass is 294 g/mol. The number of para-hydroxylation sites is 1. The molecule has 5 heteroatoms. The standard InChI is InChI=1S/C16H26N2O3/c1-16(2,3)21-15(19)18-11-13(17)10-9-12-7-5-6-8-14(12)20-4/h5-8,13H,9-11,17H2,1-4H3,(H,18,19). The van der Waals surface area contributed by atoms with Gasteiger partial charge in [-0.3, -0.25) is 0 Å². The molecule has 21 heavy (non-hydrogen) atoms. The summed E-state index contributed by atoms with van der Waals surface area (Å²) in [5.74, 6) is 0.866. The third kappa shape index (κ3) is 6.99. The summed E-state index contributed by atoms with van der Waals surface area (Å²) < 4.78 is 10.5. The smallest absolute Gasteiger partial charge is 0.407 e. The van der Waals surface area contributed by atoms with Gasteiger partial charge in [0, 0.05) is 12.6 Å². The molecule has 1 unspecified atom stereocenters. The molecule has 1 amide bonds.